The van der Waals surface area contributed by atoms with Crippen LogP contribution in [0, 0.1) is 10.1 Å². The van der Waals surface area contributed by atoms with E-state index in [2.05, 4.69) is 10.3 Å². The van der Waals surface area contributed by atoms with Crippen LogP contribution in [0.1, 0.15) is 15.2 Å². The molecule has 0 radical (unpaired) electrons. The fraction of sp³-hybridized carbons (Fsp3) is 0.0526. The van der Waals surface area contributed by atoms with Crippen molar-refractivity contribution in [3.63, 3.8) is 0 Å². The first-order valence-corrected chi connectivity index (χ1v) is 9.71. The van der Waals surface area contributed by atoms with E-state index in [1.165, 1.54) is 17.4 Å². The first kappa shape index (κ1) is 17.3. The van der Waals surface area contributed by atoms with E-state index < -0.39 is 4.92 Å². The predicted octanol–water partition coefficient (Wildman–Crippen LogP) is 4.86. The topological polar surface area (TPSA) is 85.1 Å². The van der Waals surface area contributed by atoms with Crippen LogP contribution < -0.4 is 5.32 Å². The lowest BCUT2D eigenvalue weighted by Crippen LogP contribution is -2.22. The number of rotatable bonds is 5. The Balaban J connectivity index is 1.50. The number of nitro benzene ring substituents is 1. The van der Waals surface area contributed by atoms with Crippen molar-refractivity contribution in [1.29, 1.82) is 0 Å². The smallest absolute Gasteiger partial charge is 0.274 e. The minimum atomic E-state index is -0.447. The van der Waals surface area contributed by atoms with Crippen LogP contribution in [0.3, 0.4) is 0 Å². The largest absolute Gasteiger partial charge is 0.347 e. The fourth-order valence-electron chi connectivity index (χ4n) is 2.65. The molecule has 0 aliphatic carbocycles. The summed E-state index contributed by atoms with van der Waals surface area (Å²) < 4.78 is 1.10. The van der Waals surface area contributed by atoms with Gasteiger partial charge in [-0.05, 0) is 24.3 Å². The molecule has 0 saturated carbocycles. The highest BCUT2D eigenvalue weighted by molar-refractivity contribution is 7.26. The second-order valence-corrected chi connectivity index (χ2v) is 7.83. The lowest BCUT2D eigenvalue weighted by Gasteiger charge is -2.04. The summed E-state index contributed by atoms with van der Waals surface area (Å²) in [6.45, 7) is 0.102. The van der Waals surface area contributed by atoms with E-state index in [0.717, 1.165) is 20.1 Å². The number of carbonyl (C=O) groups excluding carboxylic acids is 1. The number of thiophene rings is 1. The maximum atomic E-state index is 12.4. The van der Waals surface area contributed by atoms with E-state index in [-0.39, 0.29) is 18.1 Å². The SMILES string of the molecule is O=C(NCc1ccccc1[N+](=O)[O-])c1ccc(-c2nc3ccccc3s2)s1. The van der Waals surface area contributed by atoms with Crippen molar-refractivity contribution in [1.82, 2.24) is 10.3 Å². The average Bonchev–Trinajstić information content (AvgIpc) is 3.33. The molecule has 4 rings (SSSR count). The number of hydrogen-bond acceptors (Lipinski definition) is 6. The standard InChI is InChI=1S/C19H13N3O3S2/c23-18(20-11-12-5-1-3-7-14(12)22(24)25)16-9-10-17(26-16)19-21-13-6-2-4-8-15(13)27-19/h1-10H,11H2,(H,20,23). The molecule has 0 unspecified atom stereocenters. The lowest BCUT2D eigenvalue weighted by atomic mass is 10.2. The fourth-order valence-corrected chi connectivity index (χ4v) is 4.60. The summed E-state index contributed by atoms with van der Waals surface area (Å²) in [4.78, 5) is 29.1. The van der Waals surface area contributed by atoms with Gasteiger partial charge in [0, 0.05) is 18.2 Å². The minimum absolute atomic E-state index is 0.000792. The Bertz CT molecular complexity index is 1120. The second kappa shape index (κ2) is 7.26. The van der Waals surface area contributed by atoms with Gasteiger partial charge in [0.25, 0.3) is 11.6 Å². The normalized spacial score (nSPS) is 10.8. The highest BCUT2D eigenvalue weighted by Gasteiger charge is 2.16. The van der Waals surface area contributed by atoms with E-state index in [4.69, 9.17) is 0 Å². The molecule has 2 aromatic heterocycles. The number of benzene rings is 2. The van der Waals surface area contributed by atoms with Crippen molar-refractivity contribution in [3.8, 4) is 9.88 Å². The number of para-hydroxylation sites is 2. The highest BCUT2D eigenvalue weighted by atomic mass is 32.1. The van der Waals surface area contributed by atoms with Crippen molar-refractivity contribution in [2.45, 2.75) is 6.54 Å². The molecule has 0 bridgehead atoms. The first-order chi connectivity index (χ1) is 13.1. The van der Waals surface area contributed by atoms with Crippen LogP contribution in [-0.2, 0) is 6.54 Å². The zero-order valence-electron chi connectivity index (χ0n) is 13.9. The zero-order chi connectivity index (χ0) is 18.8. The maximum Gasteiger partial charge on any atom is 0.274 e. The summed E-state index contributed by atoms with van der Waals surface area (Å²) in [5, 5.41) is 14.7. The summed E-state index contributed by atoms with van der Waals surface area (Å²) in [6, 6.07) is 17.9. The molecule has 0 aliphatic heterocycles. The first-order valence-electron chi connectivity index (χ1n) is 8.08. The number of thiazole rings is 1. The molecule has 4 aromatic rings. The van der Waals surface area contributed by atoms with Gasteiger partial charge in [-0.15, -0.1) is 22.7 Å². The molecule has 0 fully saturated rings. The Morgan fingerprint density at radius 1 is 1.04 bits per heavy atom. The number of hydrogen-bond donors (Lipinski definition) is 1. The number of fused-ring (bicyclic) bond motifs is 1. The van der Waals surface area contributed by atoms with Crippen LogP contribution in [0.25, 0.3) is 20.1 Å². The average molecular weight is 395 g/mol. The van der Waals surface area contributed by atoms with Crippen molar-refractivity contribution in [3.05, 3.63) is 81.2 Å². The summed E-state index contributed by atoms with van der Waals surface area (Å²) in [6.07, 6.45) is 0. The number of amides is 1. The van der Waals surface area contributed by atoms with Gasteiger partial charge < -0.3 is 5.32 Å². The Morgan fingerprint density at radius 3 is 2.63 bits per heavy atom. The van der Waals surface area contributed by atoms with Gasteiger partial charge in [0.2, 0.25) is 0 Å². The third-order valence-corrected chi connectivity index (χ3v) is 6.25. The number of carbonyl (C=O) groups is 1. The van der Waals surface area contributed by atoms with Crippen molar-refractivity contribution in [2.24, 2.45) is 0 Å². The van der Waals surface area contributed by atoms with E-state index >= 15 is 0 Å². The zero-order valence-corrected chi connectivity index (χ0v) is 15.5. The molecule has 27 heavy (non-hydrogen) atoms. The molecular formula is C19H13N3O3S2. The predicted molar refractivity (Wildman–Crippen MR) is 107 cm³/mol. The molecule has 0 atom stereocenters. The lowest BCUT2D eigenvalue weighted by molar-refractivity contribution is -0.385. The van der Waals surface area contributed by atoms with Crippen LogP contribution in [0.15, 0.2) is 60.7 Å². The molecule has 0 spiro atoms. The Morgan fingerprint density at radius 2 is 1.81 bits per heavy atom. The van der Waals surface area contributed by atoms with Crippen LogP contribution >= 0.6 is 22.7 Å². The van der Waals surface area contributed by atoms with Gasteiger partial charge in [-0.3, -0.25) is 14.9 Å². The third kappa shape index (κ3) is 3.57. The quantitative estimate of drug-likeness (QED) is 0.386. The minimum Gasteiger partial charge on any atom is -0.347 e. The van der Waals surface area contributed by atoms with Crippen molar-refractivity contribution < 1.29 is 9.72 Å². The monoisotopic (exact) mass is 395 g/mol. The number of nitro groups is 1. The molecule has 2 aromatic carbocycles. The Kier molecular flexibility index (Phi) is 4.66. The maximum absolute atomic E-state index is 12.4. The van der Waals surface area contributed by atoms with E-state index in [0.29, 0.717) is 10.4 Å². The van der Waals surface area contributed by atoms with Gasteiger partial charge in [-0.2, -0.15) is 0 Å². The molecule has 134 valence electrons. The van der Waals surface area contributed by atoms with Gasteiger partial charge in [-0.1, -0.05) is 30.3 Å². The highest BCUT2D eigenvalue weighted by Crippen LogP contribution is 2.34. The second-order valence-electron chi connectivity index (χ2n) is 5.72. The van der Waals surface area contributed by atoms with Crippen molar-refractivity contribution in [2.75, 3.05) is 0 Å². The van der Waals surface area contributed by atoms with E-state index in [9.17, 15) is 14.9 Å². The van der Waals surface area contributed by atoms with Gasteiger partial charge in [-0.25, -0.2) is 4.98 Å². The molecule has 2 heterocycles. The molecule has 1 amide bonds. The van der Waals surface area contributed by atoms with Gasteiger partial charge in [0.1, 0.15) is 5.01 Å². The molecule has 8 heteroatoms. The van der Waals surface area contributed by atoms with E-state index in [1.54, 1.807) is 35.6 Å². The summed E-state index contributed by atoms with van der Waals surface area (Å²) >= 11 is 2.94. The molecule has 6 nitrogen and oxygen atoms in total. The van der Waals surface area contributed by atoms with E-state index in [1.807, 2.05) is 30.3 Å². The summed E-state index contributed by atoms with van der Waals surface area (Å²) in [5.41, 5.74) is 1.41. The Labute approximate surface area is 162 Å². The summed E-state index contributed by atoms with van der Waals surface area (Å²) in [5.74, 6) is -0.259. The van der Waals surface area contributed by atoms with Gasteiger partial charge in [0.15, 0.2) is 0 Å². The van der Waals surface area contributed by atoms with Crippen molar-refractivity contribution >= 4 is 44.5 Å². The molecule has 1 N–H and O–H groups in total. The number of aromatic nitrogens is 1. The third-order valence-electron chi connectivity index (χ3n) is 3.96. The van der Waals surface area contributed by atoms with Crippen LogP contribution in [0.5, 0.6) is 0 Å². The van der Waals surface area contributed by atoms with Crippen LogP contribution in [0.2, 0.25) is 0 Å². The van der Waals surface area contributed by atoms with Crippen LogP contribution in [-0.4, -0.2) is 15.8 Å². The number of nitrogens with zero attached hydrogens (tertiary/aromatic N) is 2. The summed E-state index contributed by atoms with van der Waals surface area (Å²) in [7, 11) is 0. The molecule has 0 saturated heterocycles. The van der Waals surface area contributed by atoms with Gasteiger partial charge >= 0.3 is 0 Å². The molecular weight excluding hydrogens is 382 g/mol. The Hall–Kier alpha value is -3.10. The number of nitrogens with one attached hydrogen (secondary N) is 1. The van der Waals surface area contributed by atoms with Crippen LogP contribution in [0.4, 0.5) is 5.69 Å². The molecule has 0 aliphatic rings. The van der Waals surface area contributed by atoms with Gasteiger partial charge in [0.05, 0.1) is 24.9 Å².